The van der Waals surface area contributed by atoms with Gasteiger partial charge >= 0.3 is 0 Å². The van der Waals surface area contributed by atoms with Crippen LogP contribution in [0.3, 0.4) is 0 Å². The summed E-state index contributed by atoms with van der Waals surface area (Å²) in [5.74, 6) is 4.19. The van der Waals surface area contributed by atoms with Crippen molar-refractivity contribution in [2.45, 2.75) is 69.9 Å². The lowest BCUT2D eigenvalue weighted by Gasteiger charge is -2.15. The second-order valence-corrected chi connectivity index (χ2v) is 8.61. The zero-order valence-corrected chi connectivity index (χ0v) is 14.4. The quantitative estimate of drug-likeness (QED) is 0.188. The molecule has 0 aromatic rings. The molecule has 0 fully saturated rings. The summed E-state index contributed by atoms with van der Waals surface area (Å²) >= 11 is 22.9. The number of thioether (sulfide) groups is 3. The molecule has 0 aromatic carbocycles. The molecule has 23 heavy (non-hydrogen) atoms. The Morgan fingerprint density at radius 3 is 0.957 bits per heavy atom. The van der Waals surface area contributed by atoms with E-state index in [1.807, 2.05) is 35.3 Å². The lowest BCUT2D eigenvalue weighted by atomic mass is 10.5. The van der Waals surface area contributed by atoms with Gasteiger partial charge in [0.15, 0.2) is 0 Å². The van der Waals surface area contributed by atoms with Gasteiger partial charge in [-0.15, -0.1) is 23.5 Å². The first-order valence-electron chi connectivity index (χ1n) is 4.52. The van der Waals surface area contributed by atoms with Gasteiger partial charge in [-0.1, -0.05) is 59.4 Å². The summed E-state index contributed by atoms with van der Waals surface area (Å²) in [5.41, 5.74) is 0. The number of thiol groups is 4. The van der Waals surface area contributed by atoms with Crippen molar-refractivity contribution >= 4 is 85.8 Å². The second-order valence-electron chi connectivity index (χ2n) is 2.74. The average Bonchev–Trinajstić information content (AvgIpc) is 2.26. The van der Waals surface area contributed by atoms with Gasteiger partial charge in [0.2, 0.25) is 0 Å². The Labute approximate surface area is 187 Å². The second kappa shape index (κ2) is 44.2. The van der Waals surface area contributed by atoms with Crippen molar-refractivity contribution in [1.82, 2.24) is 0 Å². The van der Waals surface area contributed by atoms with Gasteiger partial charge in [-0.25, -0.2) is 0 Å². The molecule has 0 saturated carbocycles. The highest BCUT2D eigenvalue weighted by molar-refractivity contribution is 8.12. The third-order valence-electron chi connectivity index (χ3n) is 1.64. The third-order valence-corrected chi connectivity index (χ3v) is 7.51. The fourth-order valence-corrected chi connectivity index (χ4v) is 6.23. The van der Waals surface area contributed by atoms with E-state index in [4.69, 9.17) is 0 Å². The van der Waals surface area contributed by atoms with Crippen molar-refractivity contribution in [2.75, 3.05) is 33.2 Å². The number of hydrogen-bond donors (Lipinski definition) is 4. The number of hydrogen-bond acceptors (Lipinski definition) is 7. The van der Waals surface area contributed by atoms with E-state index in [1.165, 1.54) is 0 Å². The molecule has 0 heterocycles. The van der Waals surface area contributed by atoms with Gasteiger partial charge in [0.05, 0.1) is 0 Å². The highest BCUT2D eigenvalue weighted by Gasteiger charge is 2.10. The fraction of sp³-hybridized carbons (Fsp3) is 1.00. The number of rotatable bonds is 10. The Morgan fingerprint density at radius 2 is 0.783 bits per heavy atom. The molecule has 0 bridgehead atoms. The van der Waals surface area contributed by atoms with E-state index in [0.717, 1.165) is 33.2 Å². The molecule has 0 spiro atoms. The Morgan fingerprint density at radius 1 is 0.522 bits per heavy atom. The van der Waals surface area contributed by atoms with Gasteiger partial charge in [-0.05, 0) is 0 Å². The molecular formula is C16H50S7. The van der Waals surface area contributed by atoms with Crippen molar-refractivity contribution in [1.29, 1.82) is 0 Å². The molecule has 0 nitrogen and oxygen atoms in total. The van der Waals surface area contributed by atoms with Crippen LogP contribution in [0, 0.1) is 0 Å². The van der Waals surface area contributed by atoms with Crippen LogP contribution in [0.1, 0.15) is 59.4 Å². The van der Waals surface area contributed by atoms with Crippen molar-refractivity contribution in [3.05, 3.63) is 0 Å². The Balaban J connectivity index is -0.0000000350. The Bertz CT molecular complexity index is 124. The molecule has 156 valence electrons. The van der Waals surface area contributed by atoms with Gasteiger partial charge in [-0.2, -0.15) is 62.3 Å². The lowest BCUT2D eigenvalue weighted by Crippen LogP contribution is -2.13. The average molecular weight is 467 g/mol. The van der Waals surface area contributed by atoms with Crippen LogP contribution in [-0.4, -0.2) is 43.7 Å². The zero-order chi connectivity index (χ0) is 11.5. The first-order valence-corrected chi connectivity index (χ1v) is 10.3. The van der Waals surface area contributed by atoms with Crippen molar-refractivity contribution < 1.29 is 0 Å². The molecule has 0 aliphatic heterocycles. The normalized spacial score (nSPS) is 9.91. The van der Waals surface area contributed by atoms with Gasteiger partial charge < -0.3 is 0 Å². The largest absolute Gasteiger partial charge is 0.178 e. The summed E-state index contributed by atoms with van der Waals surface area (Å²) in [7, 11) is 0. The molecule has 0 amide bonds. The predicted octanol–water partition coefficient (Wildman–Crippen LogP) is 8.65. The molecule has 2 atom stereocenters. The standard InChI is InChI=1S/C8H18S7.8CH4/c9-1-7(14-5-11)3-13-4-8(2-10)15-6-12;;;;;;;;/h7-12H,1-6H2;8*1H4. The first kappa shape index (κ1) is 56.2. The van der Waals surface area contributed by atoms with E-state index in [9.17, 15) is 0 Å². The fourth-order valence-electron chi connectivity index (χ4n) is 0.849. The molecular weight excluding hydrogens is 417 g/mol. The zero-order valence-electron chi connectivity index (χ0n) is 8.41. The first-order chi connectivity index (χ1) is 7.28. The lowest BCUT2D eigenvalue weighted by molar-refractivity contribution is 1.12. The van der Waals surface area contributed by atoms with Crippen LogP contribution < -0.4 is 0 Å². The SMILES string of the molecule is C.C.C.C.C.C.C.C.SCSC(CS)CSCC(CS)SCS. The van der Waals surface area contributed by atoms with Gasteiger partial charge in [-0.3, -0.25) is 0 Å². The summed E-state index contributed by atoms with van der Waals surface area (Å²) in [6, 6.07) is 0. The summed E-state index contributed by atoms with van der Waals surface area (Å²) in [6.45, 7) is 0. The van der Waals surface area contributed by atoms with E-state index in [-0.39, 0.29) is 59.4 Å². The van der Waals surface area contributed by atoms with Gasteiger partial charge in [0.1, 0.15) is 0 Å². The van der Waals surface area contributed by atoms with Gasteiger partial charge in [0.25, 0.3) is 0 Å². The molecule has 7 heteroatoms. The molecule has 0 rings (SSSR count). The maximum absolute atomic E-state index is 4.34. The van der Waals surface area contributed by atoms with Crippen LogP contribution >= 0.6 is 85.8 Å². The summed E-state index contributed by atoms with van der Waals surface area (Å²) in [4.78, 5) is 0. The molecule has 0 radical (unpaired) electrons. The highest BCUT2D eigenvalue weighted by Crippen LogP contribution is 2.23. The summed E-state index contributed by atoms with van der Waals surface area (Å²) < 4.78 is 0. The topological polar surface area (TPSA) is 0 Å². The van der Waals surface area contributed by atoms with Crippen LogP contribution in [0.25, 0.3) is 0 Å². The monoisotopic (exact) mass is 466 g/mol. The van der Waals surface area contributed by atoms with Crippen LogP contribution in [0.15, 0.2) is 0 Å². The minimum Gasteiger partial charge on any atom is -0.178 e. The molecule has 0 aliphatic carbocycles. The van der Waals surface area contributed by atoms with E-state index in [1.54, 1.807) is 0 Å². The molecule has 0 aliphatic rings. The maximum atomic E-state index is 4.34. The predicted molar refractivity (Wildman–Crippen MR) is 149 cm³/mol. The summed E-state index contributed by atoms with van der Waals surface area (Å²) in [6.07, 6.45) is 0. The van der Waals surface area contributed by atoms with Crippen LogP contribution in [0.4, 0.5) is 0 Å². The Hall–Kier alpha value is 2.45. The molecule has 0 aromatic heterocycles. The van der Waals surface area contributed by atoms with E-state index < -0.39 is 0 Å². The molecule has 2 unspecified atom stereocenters. The third kappa shape index (κ3) is 36.2. The Kier molecular flexibility index (Phi) is 108. The van der Waals surface area contributed by atoms with Crippen LogP contribution in [0.2, 0.25) is 0 Å². The maximum Gasteiger partial charge on any atom is 0.0365 e. The van der Waals surface area contributed by atoms with E-state index in [0.29, 0.717) is 10.5 Å². The van der Waals surface area contributed by atoms with Crippen LogP contribution in [-0.2, 0) is 0 Å². The molecule has 0 N–H and O–H groups in total. The van der Waals surface area contributed by atoms with Crippen molar-refractivity contribution in [3.8, 4) is 0 Å². The van der Waals surface area contributed by atoms with Gasteiger partial charge in [0, 0.05) is 43.7 Å². The van der Waals surface area contributed by atoms with Crippen molar-refractivity contribution in [3.63, 3.8) is 0 Å². The minimum atomic E-state index is 0. The van der Waals surface area contributed by atoms with E-state index >= 15 is 0 Å². The smallest absolute Gasteiger partial charge is 0.0365 e. The minimum absolute atomic E-state index is 0. The van der Waals surface area contributed by atoms with Crippen LogP contribution in [0.5, 0.6) is 0 Å². The van der Waals surface area contributed by atoms with E-state index in [2.05, 4.69) is 50.5 Å². The summed E-state index contributed by atoms with van der Waals surface area (Å²) in [5, 5.41) is 3.01. The van der Waals surface area contributed by atoms with Crippen molar-refractivity contribution in [2.24, 2.45) is 0 Å². The molecule has 0 saturated heterocycles. The highest BCUT2D eigenvalue weighted by atomic mass is 32.2.